The number of hydrogen-bond acceptors (Lipinski definition) is 3. The zero-order valence-electron chi connectivity index (χ0n) is 14.2. The lowest BCUT2D eigenvalue weighted by Crippen LogP contribution is -2.33. The van der Waals surface area contributed by atoms with Gasteiger partial charge in [-0.2, -0.15) is 0 Å². The van der Waals surface area contributed by atoms with Crippen LogP contribution in [0.15, 0.2) is 42.6 Å². The van der Waals surface area contributed by atoms with E-state index in [1.54, 1.807) is 19.1 Å². The summed E-state index contributed by atoms with van der Waals surface area (Å²) in [5, 5.41) is 10.7. The minimum Gasteiger partial charge on any atom is -0.387 e. The van der Waals surface area contributed by atoms with E-state index in [1.165, 1.54) is 11.6 Å². The van der Waals surface area contributed by atoms with Crippen molar-refractivity contribution in [1.29, 1.82) is 0 Å². The SMILES string of the molecule is CC(O)c1cccc(N2CCC(c3c[nH]c4ccc(F)cc34)CC2)n1. The molecular formula is C20H22FN3O. The summed E-state index contributed by atoms with van der Waals surface area (Å²) in [6.07, 6.45) is 3.48. The van der Waals surface area contributed by atoms with E-state index in [9.17, 15) is 9.50 Å². The molecule has 0 radical (unpaired) electrons. The van der Waals surface area contributed by atoms with E-state index in [0.29, 0.717) is 11.6 Å². The van der Waals surface area contributed by atoms with E-state index < -0.39 is 6.10 Å². The highest BCUT2D eigenvalue weighted by atomic mass is 19.1. The lowest BCUT2D eigenvalue weighted by Gasteiger charge is -2.33. The number of hydrogen-bond donors (Lipinski definition) is 2. The standard InChI is InChI=1S/C20H22FN3O/c1-13(25)18-3-2-4-20(23-18)24-9-7-14(8-10-24)17-12-22-19-6-5-15(21)11-16(17)19/h2-6,11-14,22,25H,7-10H2,1H3. The summed E-state index contributed by atoms with van der Waals surface area (Å²) < 4.78 is 13.6. The molecule has 4 rings (SSSR count). The first-order valence-corrected chi connectivity index (χ1v) is 8.78. The smallest absolute Gasteiger partial charge is 0.128 e. The molecular weight excluding hydrogens is 317 g/mol. The quantitative estimate of drug-likeness (QED) is 0.754. The van der Waals surface area contributed by atoms with Crippen LogP contribution >= 0.6 is 0 Å². The number of aliphatic hydroxyl groups excluding tert-OH is 1. The number of pyridine rings is 1. The molecule has 1 fully saturated rings. The fourth-order valence-electron chi connectivity index (χ4n) is 3.72. The van der Waals surface area contributed by atoms with Crippen LogP contribution in [0.25, 0.3) is 10.9 Å². The molecule has 1 aromatic carbocycles. The van der Waals surface area contributed by atoms with Gasteiger partial charge in [0.05, 0.1) is 11.8 Å². The molecule has 1 aliphatic rings. The van der Waals surface area contributed by atoms with Gasteiger partial charge in [0, 0.05) is 30.2 Å². The van der Waals surface area contributed by atoms with Gasteiger partial charge >= 0.3 is 0 Å². The van der Waals surface area contributed by atoms with Gasteiger partial charge in [-0.25, -0.2) is 9.37 Å². The lowest BCUT2D eigenvalue weighted by molar-refractivity contribution is 0.194. The van der Waals surface area contributed by atoms with Crippen molar-refractivity contribution < 1.29 is 9.50 Å². The molecule has 0 amide bonds. The van der Waals surface area contributed by atoms with Crippen LogP contribution in [0.3, 0.4) is 0 Å². The van der Waals surface area contributed by atoms with Crippen molar-refractivity contribution in [2.75, 3.05) is 18.0 Å². The van der Waals surface area contributed by atoms with Crippen molar-refractivity contribution in [2.24, 2.45) is 0 Å². The van der Waals surface area contributed by atoms with Crippen molar-refractivity contribution in [3.8, 4) is 0 Å². The Morgan fingerprint density at radius 3 is 2.80 bits per heavy atom. The predicted molar refractivity (Wildman–Crippen MR) is 97.3 cm³/mol. The predicted octanol–water partition coefficient (Wildman–Crippen LogP) is 4.14. The molecule has 0 saturated carbocycles. The van der Waals surface area contributed by atoms with Crippen LogP contribution in [0, 0.1) is 5.82 Å². The zero-order chi connectivity index (χ0) is 17.4. The number of aromatic amines is 1. The van der Waals surface area contributed by atoms with Crippen molar-refractivity contribution in [3.63, 3.8) is 0 Å². The topological polar surface area (TPSA) is 52.1 Å². The third-order valence-corrected chi connectivity index (χ3v) is 5.12. The van der Waals surface area contributed by atoms with Crippen LogP contribution in [-0.2, 0) is 0 Å². The Balaban J connectivity index is 1.51. The number of rotatable bonds is 3. The third kappa shape index (κ3) is 3.12. The maximum atomic E-state index is 13.6. The summed E-state index contributed by atoms with van der Waals surface area (Å²) in [6, 6.07) is 10.7. The minimum absolute atomic E-state index is 0.190. The molecule has 0 spiro atoms. The number of halogens is 1. The number of anilines is 1. The highest BCUT2D eigenvalue weighted by Crippen LogP contribution is 2.34. The van der Waals surface area contributed by atoms with Gasteiger partial charge in [-0.1, -0.05) is 6.07 Å². The normalized spacial score (nSPS) is 17.2. The second-order valence-electron chi connectivity index (χ2n) is 6.79. The van der Waals surface area contributed by atoms with Crippen molar-refractivity contribution in [2.45, 2.75) is 31.8 Å². The zero-order valence-corrected chi connectivity index (χ0v) is 14.2. The van der Waals surface area contributed by atoms with Crippen LogP contribution < -0.4 is 4.90 Å². The number of nitrogens with one attached hydrogen (secondary N) is 1. The molecule has 1 saturated heterocycles. The first kappa shape index (κ1) is 16.1. The number of piperidine rings is 1. The van der Waals surface area contributed by atoms with Crippen molar-refractivity contribution in [1.82, 2.24) is 9.97 Å². The van der Waals surface area contributed by atoms with Gasteiger partial charge in [-0.05, 0) is 61.6 Å². The van der Waals surface area contributed by atoms with Crippen LogP contribution in [0.4, 0.5) is 10.2 Å². The van der Waals surface area contributed by atoms with Crippen molar-refractivity contribution in [3.05, 3.63) is 59.7 Å². The average molecular weight is 339 g/mol. The molecule has 5 heteroatoms. The summed E-state index contributed by atoms with van der Waals surface area (Å²) in [7, 11) is 0. The van der Waals surface area contributed by atoms with Crippen molar-refractivity contribution >= 4 is 16.7 Å². The van der Waals surface area contributed by atoms with Gasteiger partial charge in [0.2, 0.25) is 0 Å². The molecule has 2 N–H and O–H groups in total. The summed E-state index contributed by atoms with van der Waals surface area (Å²) in [5.74, 6) is 1.15. The molecule has 0 aliphatic carbocycles. The fourth-order valence-corrected chi connectivity index (χ4v) is 3.72. The molecule has 1 atom stereocenters. The molecule has 0 bridgehead atoms. The first-order chi connectivity index (χ1) is 12.1. The molecule has 1 unspecified atom stereocenters. The Kier molecular flexibility index (Phi) is 4.17. The van der Waals surface area contributed by atoms with Crippen LogP contribution in [0.5, 0.6) is 0 Å². The Labute approximate surface area is 146 Å². The summed E-state index contributed by atoms with van der Waals surface area (Å²) in [4.78, 5) is 10.1. The number of fused-ring (bicyclic) bond motifs is 1. The molecule has 25 heavy (non-hydrogen) atoms. The number of aromatic nitrogens is 2. The average Bonchev–Trinajstić information content (AvgIpc) is 3.05. The van der Waals surface area contributed by atoms with Gasteiger partial charge in [0.1, 0.15) is 11.6 Å². The summed E-state index contributed by atoms with van der Waals surface area (Å²) in [6.45, 7) is 3.54. The molecule has 4 nitrogen and oxygen atoms in total. The van der Waals surface area contributed by atoms with E-state index in [2.05, 4.69) is 14.9 Å². The Morgan fingerprint density at radius 2 is 2.04 bits per heavy atom. The van der Waals surface area contributed by atoms with E-state index >= 15 is 0 Å². The second kappa shape index (κ2) is 6.48. The maximum absolute atomic E-state index is 13.6. The number of aliphatic hydroxyl groups is 1. The largest absolute Gasteiger partial charge is 0.387 e. The number of benzene rings is 1. The summed E-state index contributed by atoms with van der Waals surface area (Å²) >= 11 is 0. The van der Waals surface area contributed by atoms with E-state index in [1.807, 2.05) is 24.4 Å². The van der Waals surface area contributed by atoms with Gasteiger partial charge in [-0.15, -0.1) is 0 Å². The Morgan fingerprint density at radius 1 is 1.24 bits per heavy atom. The van der Waals surface area contributed by atoms with Crippen LogP contribution in [-0.4, -0.2) is 28.2 Å². The third-order valence-electron chi connectivity index (χ3n) is 5.12. The number of H-pyrrole nitrogens is 1. The Bertz CT molecular complexity index is 882. The molecule has 1 aliphatic heterocycles. The molecule has 3 heterocycles. The monoisotopic (exact) mass is 339 g/mol. The minimum atomic E-state index is -0.557. The summed E-state index contributed by atoms with van der Waals surface area (Å²) in [5.41, 5.74) is 2.90. The van der Waals surface area contributed by atoms with Gasteiger partial charge in [0.15, 0.2) is 0 Å². The van der Waals surface area contributed by atoms with Crippen LogP contribution in [0.1, 0.15) is 43.0 Å². The van der Waals surface area contributed by atoms with Gasteiger partial charge in [-0.3, -0.25) is 0 Å². The first-order valence-electron chi connectivity index (χ1n) is 8.78. The highest BCUT2D eigenvalue weighted by molar-refractivity contribution is 5.83. The lowest BCUT2D eigenvalue weighted by atomic mass is 9.89. The van der Waals surface area contributed by atoms with Gasteiger partial charge in [0.25, 0.3) is 0 Å². The van der Waals surface area contributed by atoms with E-state index in [-0.39, 0.29) is 5.82 Å². The molecule has 130 valence electrons. The van der Waals surface area contributed by atoms with Gasteiger partial charge < -0.3 is 15.0 Å². The Hall–Kier alpha value is -2.40. The second-order valence-corrected chi connectivity index (χ2v) is 6.79. The number of nitrogens with zero attached hydrogens (tertiary/aromatic N) is 2. The molecule has 2 aromatic heterocycles. The maximum Gasteiger partial charge on any atom is 0.128 e. The molecule has 3 aromatic rings. The van der Waals surface area contributed by atoms with E-state index in [0.717, 1.165) is 42.7 Å². The van der Waals surface area contributed by atoms with E-state index in [4.69, 9.17) is 0 Å². The highest BCUT2D eigenvalue weighted by Gasteiger charge is 2.24. The van der Waals surface area contributed by atoms with Crippen LogP contribution in [0.2, 0.25) is 0 Å². The fraction of sp³-hybridized carbons (Fsp3) is 0.350.